The molecule has 0 spiro atoms. The molecule has 0 bridgehead atoms. The van der Waals surface area contributed by atoms with E-state index in [1.165, 1.54) is 55.5 Å². The van der Waals surface area contributed by atoms with E-state index >= 15 is 0 Å². The number of aryl methyl sites for hydroxylation is 1. The van der Waals surface area contributed by atoms with Gasteiger partial charge in [0.2, 0.25) is 0 Å². The molecule has 0 atom stereocenters. The molecule has 0 unspecified atom stereocenters. The second-order valence-electron chi connectivity index (χ2n) is 5.91. The van der Waals surface area contributed by atoms with Crippen LogP contribution in [0.5, 0.6) is 0 Å². The molecule has 3 heteroatoms. The van der Waals surface area contributed by atoms with Gasteiger partial charge in [-0.15, -0.1) is 0 Å². The molecular weight excluding hydrogens is 341 g/mol. The van der Waals surface area contributed by atoms with Gasteiger partial charge < -0.3 is 0 Å². The van der Waals surface area contributed by atoms with Crippen LogP contribution in [0.3, 0.4) is 0 Å². The summed E-state index contributed by atoms with van der Waals surface area (Å²) in [7, 11) is 0. The van der Waals surface area contributed by atoms with Gasteiger partial charge in [-0.25, -0.2) is 0 Å². The normalized spacial score (nSPS) is 12.0. The molecule has 0 aromatic carbocycles. The Morgan fingerprint density at radius 2 is 1.42 bits per heavy atom. The van der Waals surface area contributed by atoms with E-state index in [9.17, 15) is 0 Å². The van der Waals surface area contributed by atoms with Gasteiger partial charge in [-0.2, -0.15) is 0 Å². The molecule has 0 aliphatic carbocycles. The monoisotopic (exact) mass is 373 g/mol. The van der Waals surface area contributed by atoms with Crippen molar-refractivity contribution in [2.45, 2.75) is 79.5 Å². The van der Waals surface area contributed by atoms with Crippen molar-refractivity contribution in [1.82, 2.24) is 5.16 Å². The Balaban J connectivity index is 2.93. The molecule has 1 aromatic heterocycles. The van der Waals surface area contributed by atoms with E-state index < -0.39 is 18.4 Å². The molecule has 0 radical (unpaired) electrons. The molecule has 2 nitrogen and oxygen atoms in total. The van der Waals surface area contributed by atoms with Gasteiger partial charge in [-0.1, -0.05) is 0 Å². The van der Waals surface area contributed by atoms with Gasteiger partial charge in [-0.05, 0) is 0 Å². The molecule has 0 N–H and O–H groups in total. The van der Waals surface area contributed by atoms with Crippen LogP contribution in [0.25, 0.3) is 0 Å². The predicted molar refractivity (Wildman–Crippen MR) is 85.8 cm³/mol. The van der Waals surface area contributed by atoms with Crippen molar-refractivity contribution < 1.29 is 4.52 Å². The second kappa shape index (κ2) is 9.04. The van der Waals surface area contributed by atoms with Gasteiger partial charge in [0, 0.05) is 0 Å². The van der Waals surface area contributed by atoms with Crippen molar-refractivity contribution in [3.63, 3.8) is 0 Å². The first-order valence-corrected chi connectivity index (χ1v) is 15.6. The summed E-state index contributed by atoms with van der Waals surface area (Å²) in [5.74, 6) is 1.00. The molecule has 0 aliphatic rings. The molecule has 110 valence electrons. The minimum absolute atomic E-state index is 1.00. The standard InChI is InChI=1S/C4H4NO.3C4H9.Sn/c1-4-2-3-5-6-4;3*1-3-4-2;/h2H,1H3;3*1,3-4H2,2H3;. The van der Waals surface area contributed by atoms with Crippen LogP contribution in [0.2, 0.25) is 13.3 Å². The summed E-state index contributed by atoms with van der Waals surface area (Å²) in [5.41, 5.74) is 0. The summed E-state index contributed by atoms with van der Waals surface area (Å²) < 4.78 is 11.2. The molecule has 0 fully saturated rings. The first-order valence-electron chi connectivity index (χ1n) is 8.12. The Kier molecular flexibility index (Phi) is 8.12. The van der Waals surface area contributed by atoms with E-state index in [2.05, 4.69) is 32.0 Å². The Morgan fingerprint density at radius 3 is 1.74 bits per heavy atom. The molecule has 0 amide bonds. The molecule has 0 saturated heterocycles. The van der Waals surface area contributed by atoms with Crippen molar-refractivity contribution in [3.05, 3.63) is 11.8 Å². The number of nitrogens with zero attached hydrogens (tertiary/aromatic N) is 1. The zero-order chi connectivity index (χ0) is 14.1. The quantitative estimate of drug-likeness (QED) is 0.538. The van der Waals surface area contributed by atoms with Crippen LogP contribution in [-0.2, 0) is 0 Å². The number of unbranched alkanes of at least 4 members (excludes halogenated alkanes) is 3. The molecular formula is C16H31NOSn. The summed E-state index contributed by atoms with van der Waals surface area (Å²) in [4.78, 5) is 0. The van der Waals surface area contributed by atoms with E-state index in [4.69, 9.17) is 4.52 Å². The van der Waals surface area contributed by atoms with Crippen LogP contribution >= 0.6 is 0 Å². The van der Waals surface area contributed by atoms with Gasteiger partial charge in [-0.3, -0.25) is 0 Å². The third-order valence-corrected chi connectivity index (χ3v) is 19.2. The van der Waals surface area contributed by atoms with Crippen LogP contribution in [-0.4, -0.2) is 23.5 Å². The van der Waals surface area contributed by atoms with Crippen molar-refractivity contribution in [1.29, 1.82) is 0 Å². The summed E-state index contributed by atoms with van der Waals surface area (Å²) in [5, 5.41) is 4.47. The number of hydrogen-bond donors (Lipinski definition) is 0. The van der Waals surface area contributed by atoms with Gasteiger partial charge >= 0.3 is 123 Å². The Bertz CT molecular complexity index is 326. The summed E-state index contributed by atoms with van der Waals surface area (Å²) in [6.45, 7) is 8.96. The van der Waals surface area contributed by atoms with E-state index in [1.54, 1.807) is 0 Å². The average molecular weight is 372 g/mol. The SMILES string of the molecule is CCC[CH2][Sn]([CH2]CCC)([CH2]CCC)[c]1cc(C)on1. The summed E-state index contributed by atoms with van der Waals surface area (Å²) in [6, 6.07) is 2.26. The average Bonchev–Trinajstić information content (AvgIpc) is 2.85. The third-order valence-electron chi connectivity index (χ3n) is 4.20. The van der Waals surface area contributed by atoms with Crippen LogP contribution in [0.4, 0.5) is 0 Å². The van der Waals surface area contributed by atoms with Gasteiger partial charge in [0.15, 0.2) is 0 Å². The number of aromatic nitrogens is 1. The van der Waals surface area contributed by atoms with Gasteiger partial charge in [0.1, 0.15) is 0 Å². The zero-order valence-corrected chi connectivity index (χ0v) is 16.2. The molecule has 1 heterocycles. The van der Waals surface area contributed by atoms with Crippen LogP contribution in [0, 0.1) is 6.92 Å². The molecule has 1 aromatic rings. The minimum atomic E-state index is -2.28. The molecule has 0 saturated carbocycles. The Hall–Kier alpha value is 0.00870. The maximum atomic E-state index is 5.41. The number of hydrogen-bond acceptors (Lipinski definition) is 2. The van der Waals surface area contributed by atoms with E-state index in [0.717, 1.165) is 5.76 Å². The van der Waals surface area contributed by atoms with E-state index in [1.807, 2.05) is 6.92 Å². The fourth-order valence-electron chi connectivity index (χ4n) is 2.92. The molecule has 0 aliphatic heterocycles. The first kappa shape index (κ1) is 17.1. The Morgan fingerprint density at radius 1 is 0.947 bits per heavy atom. The van der Waals surface area contributed by atoms with Crippen molar-refractivity contribution in [3.8, 4) is 0 Å². The van der Waals surface area contributed by atoms with E-state index in [0.29, 0.717) is 0 Å². The van der Waals surface area contributed by atoms with Crippen molar-refractivity contribution >= 4 is 22.1 Å². The fourth-order valence-corrected chi connectivity index (χ4v) is 18.2. The second-order valence-corrected chi connectivity index (χ2v) is 19.0. The van der Waals surface area contributed by atoms with Crippen LogP contribution in [0.15, 0.2) is 10.6 Å². The predicted octanol–water partition coefficient (Wildman–Crippen LogP) is 5.04. The Labute approximate surface area is 123 Å². The summed E-state index contributed by atoms with van der Waals surface area (Å²) in [6.07, 6.45) is 8.09. The fraction of sp³-hybridized carbons (Fsp3) is 0.812. The van der Waals surface area contributed by atoms with Gasteiger partial charge in [0.25, 0.3) is 0 Å². The third kappa shape index (κ3) is 5.13. The number of rotatable bonds is 10. The first-order chi connectivity index (χ1) is 9.18. The van der Waals surface area contributed by atoms with Crippen molar-refractivity contribution in [2.24, 2.45) is 0 Å². The van der Waals surface area contributed by atoms with Crippen LogP contribution < -0.4 is 3.71 Å². The van der Waals surface area contributed by atoms with Crippen molar-refractivity contribution in [2.75, 3.05) is 0 Å². The van der Waals surface area contributed by atoms with Crippen LogP contribution in [0.1, 0.15) is 65.1 Å². The molecule has 19 heavy (non-hydrogen) atoms. The van der Waals surface area contributed by atoms with Gasteiger partial charge in [0.05, 0.1) is 0 Å². The summed E-state index contributed by atoms with van der Waals surface area (Å²) >= 11 is -2.28. The molecule has 1 rings (SSSR count). The zero-order valence-electron chi connectivity index (χ0n) is 13.3. The van der Waals surface area contributed by atoms with E-state index in [-0.39, 0.29) is 0 Å². The maximum absolute atomic E-state index is 5.41. The topological polar surface area (TPSA) is 26.0 Å².